The van der Waals surface area contributed by atoms with Gasteiger partial charge in [-0.25, -0.2) is 17.4 Å². The van der Waals surface area contributed by atoms with E-state index in [0.717, 1.165) is 9.36 Å². The van der Waals surface area contributed by atoms with Crippen molar-refractivity contribution in [1.29, 1.82) is 0 Å². The Labute approximate surface area is 192 Å². The summed E-state index contributed by atoms with van der Waals surface area (Å²) in [5.41, 5.74) is -0.547. The number of fused-ring (bicyclic) bond motifs is 1. The minimum absolute atomic E-state index is 0.0133. The van der Waals surface area contributed by atoms with E-state index < -0.39 is 21.8 Å². The molecule has 0 N–H and O–H groups in total. The van der Waals surface area contributed by atoms with Gasteiger partial charge in [0.25, 0.3) is 10.0 Å². The molecule has 6 nitrogen and oxygen atoms in total. The molecule has 0 unspecified atom stereocenters. The maximum atomic E-state index is 13.2. The second-order valence-electron chi connectivity index (χ2n) is 6.85. The quantitative estimate of drug-likeness (QED) is 0.321. The van der Waals surface area contributed by atoms with Crippen molar-refractivity contribution in [2.45, 2.75) is 18.0 Å². The largest absolute Gasteiger partial charge is 0.494 e. The molecule has 0 saturated heterocycles. The van der Waals surface area contributed by atoms with Gasteiger partial charge in [0.2, 0.25) is 5.88 Å². The number of benzene rings is 2. The van der Waals surface area contributed by atoms with Gasteiger partial charge in [-0.3, -0.25) is 0 Å². The van der Waals surface area contributed by atoms with Gasteiger partial charge >= 0.3 is 6.18 Å². The molecule has 2 aromatic heterocycles. The van der Waals surface area contributed by atoms with Gasteiger partial charge in [0, 0.05) is 23.8 Å². The molecule has 0 bridgehead atoms. The molecule has 33 heavy (non-hydrogen) atoms. The van der Waals surface area contributed by atoms with E-state index in [0.29, 0.717) is 30.1 Å². The molecule has 0 aliphatic carbocycles. The van der Waals surface area contributed by atoms with Crippen molar-refractivity contribution in [3.63, 3.8) is 0 Å². The van der Waals surface area contributed by atoms with Crippen molar-refractivity contribution >= 4 is 32.5 Å². The number of halogens is 4. The Hall–Kier alpha value is -3.24. The molecule has 0 spiro atoms. The smallest absolute Gasteiger partial charge is 0.417 e. The van der Waals surface area contributed by atoms with Crippen LogP contribution < -0.4 is 9.47 Å². The second-order valence-corrected chi connectivity index (χ2v) is 9.07. The first-order chi connectivity index (χ1) is 15.6. The van der Waals surface area contributed by atoms with Gasteiger partial charge < -0.3 is 9.47 Å². The first kappa shape index (κ1) is 22.9. The number of hydrogen-bond acceptors (Lipinski definition) is 5. The summed E-state index contributed by atoms with van der Waals surface area (Å²) in [6.07, 6.45) is -2.53. The standard InChI is InChI=1S/C22H16ClF3N2O4S/c1-2-31-17-4-3-14-9-10-28(20(14)12-17)33(29,30)18-7-5-16(6-8-18)32-21-19(23)11-15(13-27-21)22(24,25)26/h3-13H,2H2,1H3. The number of pyridine rings is 1. The fraction of sp³-hybridized carbons (Fsp3) is 0.136. The van der Waals surface area contributed by atoms with E-state index in [4.69, 9.17) is 21.1 Å². The van der Waals surface area contributed by atoms with Gasteiger partial charge in [-0.05, 0) is 55.5 Å². The first-order valence-electron chi connectivity index (χ1n) is 9.60. The summed E-state index contributed by atoms with van der Waals surface area (Å²) >= 11 is 5.85. The molecule has 0 atom stereocenters. The zero-order chi connectivity index (χ0) is 23.8. The molecular weight excluding hydrogens is 481 g/mol. The topological polar surface area (TPSA) is 70.4 Å². The fourth-order valence-corrected chi connectivity index (χ4v) is 4.66. The lowest BCUT2D eigenvalue weighted by Crippen LogP contribution is -2.11. The molecule has 0 aliphatic rings. The minimum atomic E-state index is -4.59. The molecular formula is C22H16ClF3N2O4S. The van der Waals surface area contributed by atoms with Crippen molar-refractivity contribution in [3.05, 3.63) is 77.6 Å². The van der Waals surface area contributed by atoms with Crippen LogP contribution in [0, 0.1) is 0 Å². The number of hydrogen-bond donors (Lipinski definition) is 0. The van der Waals surface area contributed by atoms with Crippen molar-refractivity contribution in [1.82, 2.24) is 8.96 Å². The zero-order valence-electron chi connectivity index (χ0n) is 17.0. The zero-order valence-corrected chi connectivity index (χ0v) is 18.6. The van der Waals surface area contributed by atoms with Gasteiger partial charge in [-0.2, -0.15) is 13.2 Å². The molecule has 0 saturated carbocycles. The van der Waals surface area contributed by atoms with Crippen LogP contribution in [0.1, 0.15) is 12.5 Å². The molecule has 2 heterocycles. The van der Waals surface area contributed by atoms with E-state index in [1.807, 2.05) is 6.92 Å². The summed E-state index contributed by atoms with van der Waals surface area (Å²) in [6.45, 7) is 2.27. The van der Waals surface area contributed by atoms with E-state index in [9.17, 15) is 21.6 Å². The van der Waals surface area contributed by atoms with E-state index in [2.05, 4.69) is 4.98 Å². The molecule has 0 amide bonds. The molecule has 4 rings (SSSR count). The third-order valence-corrected chi connectivity index (χ3v) is 6.64. The highest BCUT2D eigenvalue weighted by Gasteiger charge is 2.32. The third kappa shape index (κ3) is 4.62. The molecule has 4 aromatic rings. The first-order valence-corrected chi connectivity index (χ1v) is 11.4. The number of nitrogens with zero attached hydrogens (tertiary/aromatic N) is 2. The van der Waals surface area contributed by atoms with Gasteiger partial charge in [-0.1, -0.05) is 11.6 Å². The normalized spacial score (nSPS) is 12.2. The van der Waals surface area contributed by atoms with Crippen LogP contribution in [0.5, 0.6) is 17.4 Å². The highest BCUT2D eigenvalue weighted by Crippen LogP contribution is 2.35. The summed E-state index contributed by atoms with van der Waals surface area (Å²) in [6, 6.07) is 12.9. The Bertz CT molecular complexity index is 1420. The maximum Gasteiger partial charge on any atom is 0.417 e. The summed E-state index contributed by atoms with van der Waals surface area (Å²) in [5, 5.41) is 0.399. The molecule has 0 aliphatic heterocycles. The van der Waals surface area contributed by atoms with Gasteiger partial charge in [0.1, 0.15) is 16.5 Å². The lowest BCUT2D eigenvalue weighted by Gasteiger charge is -2.11. The molecule has 11 heteroatoms. The van der Waals surface area contributed by atoms with Crippen molar-refractivity contribution in [3.8, 4) is 17.4 Å². The summed E-state index contributed by atoms with van der Waals surface area (Å²) in [5.74, 6) is 0.462. The van der Waals surface area contributed by atoms with Crippen LogP contribution in [0.25, 0.3) is 10.9 Å². The Morgan fingerprint density at radius 3 is 2.36 bits per heavy atom. The Morgan fingerprint density at radius 2 is 1.73 bits per heavy atom. The Kier molecular flexibility index (Phi) is 5.98. The van der Waals surface area contributed by atoms with Crippen LogP contribution in [0.15, 0.2) is 71.9 Å². The number of ether oxygens (including phenoxy) is 2. The summed E-state index contributed by atoms with van der Waals surface area (Å²) in [7, 11) is -3.93. The molecule has 172 valence electrons. The van der Waals surface area contributed by atoms with E-state index >= 15 is 0 Å². The van der Waals surface area contributed by atoms with Crippen LogP contribution >= 0.6 is 11.6 Å². The number of rotatable bonds is 6. The lowest BCUT2D eigenvalue weighted by atomic mass is 10.2. The molecule has 2 aromatic carbocycles. The van der Waals surface area contributed by atoms with E-state index in [-0.39, 0.29) is 21.5 Å². The summed E-state index contributed by atoms with van der Waals surface area (Å²) < 4.78 is 76.6. The predicted octanol–water partition coefficient (Wildman–Crippen LogP) is 6.14. The number of aromatic nitrogens is 2. The fourth-order valence-electron chi connectivity index (χ4n) is 3.11. The van der Waals surface area contributed by atoms with Gasteiger partial charge in [-0.15, -0.1) is 0 Å². The van der Waals surface area contributed by atoms with Crippen LogP contribution in [0.3, 0.4) is 0 Å². The average Bonchev–Trinajstić information content (AvgIpc) is 3.19. The van der Waals surface area contributed by atoms with E-state index in [1.165, 1.54) is 30.5 Å². The average molecular weight is 497 g/mol. The minimum Gasteiger partial charge on any atom is -0.494 e. The van der Waals surface area contributed by atoms with Crippen molar-refractivity contribution in [2.24, 2.45) is 0 Å². The number of alkyl halides is 3. The van der Waals surface area contributed by atoms with Crippen LogP contribution in [-0.4, -0.2) is 24.0 Å². The highest BCUT2D eigenvalue weighted by atomic mass is 35.5. The maximum absolute atomic E-state index is 13.2. The molecule has 0 radical (unpaired) electrons. The molecule has 0 fully saturated rings. The Morgan fingerprint density at radius 1 is 1.03 bits per heavy atom. The van der Waals surface area contributed by atoms with Gasteiger partial charge in [0.05, 0.1) is 22.6 Å². The second kappa shape index (κ2) is 8.60. The van der Waals surface area contributed by atoms with Gasteiger partial charge in [0.15, 0.2) is 0 Å². The summed E-state index contributed by atoms with van der Waals surface area (Å²) in [4.78, 5) is 3.59. The Balaban J connectivity index is 1.61. The monoisotopic (exact) mass is 496 g/mol. The van der Waals surface area contributed by atoms with Crippen LogP contribution in [-0.2, 0) is 16.2 Å². The van der Waals surface area contributed by atoms with Crippen LogP contribution in [0.4, 0.5) is 13.2 Å². The lowest BCUT2D eigenvalue weighted by molar-refractivity contribution is -0.137. The van der Waals surface area contributed by atoms with Crippen molar-refractivity contribution in [2.75, 3.05) is 6.61 Å². The third-order valence-electron chi connectivity index (χ3n) is 4.67. The highest BCUT2D eigenvalue weighted by molar-refractivity contribution is 7.90. The predicted molar refractivity (Wildman–Crippen MR) is 116 cm³/mol. The SMILES string of the molecule is CCOc1ccc2ccn(S(=O)(=O)c3ccc(Oc4ncc(C(F)(F)F)cc4Cl)cc3)c2c1. The van der Waals surface area contributed by atoms with E-state index in [1.54, 1.807) is 24.3 Å². The van der Waals surface area contributed by atoms with Crippen LogP contribution in [0.2, 0.25) is 5.02 Å². The van der Waals surface area contributed by atoms with Crippen molar-refractivity contribution < 1.29 is 31.1 Å².